The van der Waals surface area contributed by atoms with Gasteiger partial charge in [0.25, 0.3) is 0 Å². The van der Waals surface area contributed by atoms with E-state index in [1.807, 2.05) is 43.3 Å². The fraction of sp³-hybridized carbons (Fsp3) is 0.278. The summed E-state index contributed by atoms with van der Waals surface area (Å²) in [6.07, 6.45) is -0.403. The second-order valence-corrected chi connectivity index (χ2v) is 7.69. The van der Waals surface area contributed by atoms with E-state index < -0.39 is 22.0 Å². The van der Waals surface area contributed by atoms with Gasteiger partial charge >= 0.3 is 0 Å². The molecule has 0 aliphatic carbocycles. The molecule has 0 saturated heterocycles. The molecule has 1 aliphatic rings. The summed E-state index contributed by atoms with van der Waals surface area (Å²) in [4.78, 5) is 12.1. The van der Waals surface area contributed by atoms with E-state index in [4.69, 9.17) is 4.74 Å². The molecule has 3 rings (SSSR count). The molecular weight excluding hydrogens is 326 g/mol. The van der Waals surface area contributed by atoms with Gasteiger partial charge in [-0.05, 0) is 23.6 Å². The number of fused-ring (bicyclic) bond motifs is 1. The molecule has 0 saturated carbocycles. The third-order valence-corrected chi connectivity index (χ3v) is 5.21. The van der Waals surface area contributed by atoms with Crippen molar-refractivity contribution in [2.75, 3.05) is 0 Å². The van der Waals surface area contributed by atoms with Gasteiger partial charge in [0.1, 0.15) is 0 Å². The topological polar surface area (TPSA) is 72.5 Å². The molecule has 1 heterocycles. The van der Waals surface area contributed by atoms with Crippen LogP contribution in [0.3, 0.4) is 0 Å². The first-order valence-electron chi connectivity index (χ1n) is 7.71. The van der Waals surface area contributed by atoms with Crippen molar-refractivity contribution < 1.29 is 17.9 Å². The quantitative estimate of drug-likeness (QED) is 0.904. The number of nitrogens with one attached hydrogen (secondary N) is 1. The summed E-state index contributed by atoms with van der Waals surface area (Å²) in [6, 6.07) is 14.8. The minimum absolute atomic E-state index is 0.00978. The summed E-state index contributed by atoms with van der Waals surface area (Å²) in [7, 11) is -3.72. The first-order chi connectivity index (χ1) is 11.4. The summed E-state index contributed by atoms with van der Waals surface area (Å²) in [5, 5.41) is 0. The number of rotatable bonds is 5. The van der Waals surface area contributed by atoms with Crippen molar-refractivity contribution in [1.82, 2.24) is 4.72 Å². The molecular formula is C18H19NO4S. The van der Waals surface area contributed by atoms with Crippen LogP contribution in [0.4, 0.5) is 0 Å². The van der Waals surface area contributed by atoms with Crippen molar-refractivity contribution in [2.24, 2.45) is 0 Å². The fourth-order valence-electron chi connectivity index (χ4n) is 2.75. The molecule has 6 heteroatoms. The Morgan fingerprint density at radius 3 is 2.62 bits per heavy atom. The highest BCUT2D eigenvalue weighted by atomic mass is 32.2. The molecule has 1 aliphatic heterocycles. The van der Waals surface area contributed by atoms with Crippen molar-refractivity contribution in [3.63, 3.8) is 0 Å². The van der Waals surface area contributed by atoms with Crippen LogP contribution in [0, 0.1) is 6.92 Å². The lowest BCUT2D eigenvalue weighted by Crippen LogP contribution is -2.32. The monoisotopic (exact) mass is 345 g/mol. The number of hydrogen-bond acceptors (Lipinski definition) is 4. The van der Waals surface area contributed by atoms with Gasteiger partial charge in [-0.1, -0.05) is 54.1 Å². The molecule has 1 N–H and O–H groups in total. The lowest BCUT2D eigenvalue weighted by molar-refractivity contribution is -0.122. The highest BCUT2D eigenvalue weighted by molar-refractivity contribution is 7.89. The molecule has 1 amide bonds. The van der Waals surface area contributed by atoms with Crippen LogP contribution in [0.25, 0.3) is 0 Å². The van der Waals surface area contributed by atoms with E-state index in [-0.39, 0.29) is 12.2 Å². The number of carbonyl (C=O) groups excluding carboxylic acids is 1. The molecule has 1 unspecified atom stereocenters. The summed E-state index contributed by atoms with van der Waals surface area (Å²) in [5.41, 5.74) is 3.68. The smallest absolute Gasteiger partial charge is 0.239 e. The largest absolute Gasteiger partial charge is 0.368 e. The summed E-state index contributed by atoms with van der Waals surface area (Å²) < 4.78 is 32.0. The van der Waals surface area contributed by atoms with Crippen molar-refractivity contribution in [3.05, 3.63) is 70.8 Å². The van der Waals surface area contributed by atoms with Gasteiger partial charge in [0, 0.05) is 0 Å². The Balaban J connectivity index is 1.61. The van der Waals surface area contributed by atoms with Crippen LogP contribution in [0.5, 0.6) is 0 Å². The molecule has 0 fully saturated rings. The first-order valence-corrected chi connectivity index (χ1v) is 9.36. The van der Waals surface area contributed by atoms with Gasteiger partial charge in [-0.3, -0.25) is 9.52 Å². The predicted molar refractivity (Wildman–Crippen MR) is 90.5 cm³/mol. The van der Waals surface area contributed by atoms with Gasteiger partial charge in [0.05, 0.1) is 24.9 Å². The molecule has 0 bridgehead atoms. The van der Waals surface area contributed by atoms with E-state index in [2.05, 4.69) is 4.72 Å². The number of hydrogen-bond donors (Lipinski definition) is 1. The molecule has 0 radical (unpaired) electrons. The Labute approximate surface area is 141 Å². The Morgan fingerprint density at radius 1 is 1.17 bits per heavy atom. The van der Waals surface area contributed by atoms with Crippen molar-refractivity contribution in [2.45, 2.75) is 31.8 Å². The van der Waals surface area contributed by atoms with Crippen LogP contribution < -0.4 is 4.72 Å². The zero-order valence-electron chi connectivity index (χ0n) is 13.4. The Hall–Kier alpha value is -2.18. The van der Waals surface area contributed by atoms with Crippen LogP contribution in [0.1, 0.15) is 34.8 Å². The number of aryl methyl sites for hydroxylation is 1. The Kier molecular flexibility index (Phi) is 4.69. The zero-order chi connectivity index (χ0) is 17.2. The van der Waals surface area contributed by atoms with E-state index >= 15 is 0 Å². The number of benzene rings is 2. The zero-order valence-corrected chi connectivity index (χ0v) is 14.2. The molecule has 0 spiro atoms. The third-order valence-electron chi connectivity index (χ3n) is 3.96. The van der Waals surface area contributed by atoms with Crippen molar-refractivity contribution in [1.29, 1.82) is 0 Å². The summed E-state index contributed by atoms with van der Waals surface area (Å²) >= 11 is 0. The number of ether oxygens (including phenoxy) is 1. The maximum absolute atomic E-state index is 12.1. The number of sulfonamides is 1. The van der Waals surface area contributed by atoms with Gasteiger partial charge in [-0.2, -0.15) is 0 Å². The Morgan fingerprint density at radius 2 is 1.88 bits per heavy atom. The minimum Gasteiger partial charge on any atom is -0.368 e. The molecule has 24 heavy (non-hydrogen) atoms. The highest BCUT2D eigenvalue weighted by Crippen LogP contribution is 2.32. The number of carbonyl (C=O) groups is 1. The van der Waals surface area contributed by atoms with Crippen molar-refractivity contribution >= 4 is 15.9 Å². The van der Waals surface area contributed by atoms with Gasteiger partial charge in [-0.25, -0.2) is 8.42 Å². The fourth-order valence-corrected chi connectivity index (χ4v) is 3.89. The van der Waals surface area contributed by atoms with E-state index in [0.29, 0.717) is 12.2 Å². The van der Waals surface area contributed by atoms with Crippen LogP contribution in [-0.4, -0.2) is 14.3 Å². The molecule has 126 valence electrons. The van der Waals surface area contributed by atoms with E-state index in [9.17, 15) is 13.2 Å². The van der Waals surface area contributed by atoms with Gasteiger partial charge in [-0.15, -0.1) is 0 Å². The van der Waals surface area contributed by atoms with Gasteiger partial charge < -0.3 is 4.74 Å². The van der Waals surface area contributed by atoms with E-state index in [0.717, 1.165) is 16.7 Å². The van der Waals surface area contributed by atoms with Crippen LogP contribution in [-0.2, 0) is 31.9 Å². The summed E-state index contributed by atoms with van der Waals surface area (Å²) in [5.74, 6) is -0.773. The van der Waals surface area contributed by atoms with Crippen LogP contribution in [0.15, 0.2) is 48.5 Å². The molecule has 2 aromatic rings. The van der Waals surface area contributed by atoms with Crippen LogP contribution >= 0.6 is 0 Å². The minimum atomic E-state index is -3.72. The molecule has 5 nitrogen and oxygen atoms in total. The van der Waals surface area contributed by atoms with Gasteiger partial charge in [0.2, 0.25) is 15.9 Å². The van der Waals surface area contributed by atoms with E-state index in [1.165, 1.54) is 0 Å². The second-order valence-electron chi connectivity index (χ2n) is 5.97. The second kappa shape index (κ2) is 6.75. The third kappa shape index (κ3) is 4.01. The normalized spacial score (nSPS) is 16.6. The first kappa shape index (κ1) is 16.7. The standard InChI is InChI=1S/C18H19NO4S/c1-13-6-8-14(9-7-13)12-24(21,22)19-18(20)10-17-16-5-3-2-4-15(16)11-23-17/h2-9,17H,10-12H2,1H3,(H,19,20). The molecule has 2 aromatic carbocycles. The molecule has 1 atom stereocenters. The summed E-state index contributed by atoms with van der Waals surface area (Å²) in [6.45, 7) is 2.38. The van der Waals surface area contributed by atoms with E-state index in [1.54, 1.807) is 12.1 Å². The van der Waals surface area contributed by atoms with Crippen LogP contribution in [0.2, 0.25) is 0 Å². The maximum Gasteiger partial charge on any atom is 0.239 e. The van der Waals surface area contributed by atoms with Gasteiger partial charge in [0.15, 0.2) is 0 Å². The SMILES string of the molecule is Cc1ccc(CS(=O)(=O)NC(=O)CC2OCc3ccccc32)cc1. The maximum atomic E-state index is 12.1. The lowest BCUT2D eigenvalue weighted by atomic mass is 10.0. The average Bonchev–Trinajstić information content (AvgIpc) is 2.92. The lowest BCUT2D eigenvalue weighted by Gasteiger charge is -2.12. The average molecular weight is 345 g/mol. The highest BCUT2D eigenvalue weighted by Gasteiger charge is 2.26. The predicted octanol–water partition coefficient (Wildman–Crippen LogP) is 2.60. The molecule has 0 aromatic heterocycles. The Bertz CT molecular complexity index is 844. The number of amides is 1. The van der Waals surface area contributed by atoms with Crippen molar-refractivity contribution in [3.8, 4) is 0 Å².